The Morgan fingerprint density at radius 1 is 1.28 bits per heavy atom. The first-order valence-electron chi connectivity index (χ1n) is 7.19. The highest BCUT2D eigenvalue weighted by Gasteiger charge is 2.27. The maximum absolute atomic E-state index is 11.0. The molecule has 0 aromatic heterocycles. The molecule has 3 heteroatoms. The summed E-state index contributed by atoms with van der Waals surface area (Å²) in [6.07, 6.45) is 5.59. The minimum Gasteiger partial charge on any atom is -0.481 e. The predicted octanol–water partition coefficient (Wildman–Crippen LogP) is 3.39. The van der Waals surface area contributed by atoms with E-state index in [9.17, 15) is 4.79 Å². The van der Waals surface area contributed by atoms with Gasteiger partial charge in [-0.2, -0.15) is 0 Å². The molecule has 1 aliphatic heterocycles. The van der Waals surface area contributed by atoms with E-state index < -0.39 is 11.4 Å². The monoisotopic (exact) mass is 255 g/mol. The number of nitrogens with zero attached hydrogens (tertiary/aromatic N) is 1. The van der Waals surface area contributed by atoms with Crippen LogP contribution in [0.15, 0.2) is 0 Å². The van der Waals surface area contributed by atoms with E-state index in [1.165, 1.54) is 32.4 Å². The second-order valence-electron chi connectivity index (χ2n) is 7.15. The van der Waals surface area contributed by atoms with E-state index in [2.05, 4.69) is 18.7 Å². The molecule has 0 spiro atoms. The highest BCUT2D eigenvalue weighted by atomic mass is 16.4. The Bertz CT molecular complexity index is 284. The lowest BCUT2D eigenvalue weighted by Gasteiger charge is -2.25. The Balaban J connectivity index is 2.30. The van der Waals surface area contributed by atoms with E-state index in [1.807, 2.05) is 13.8 Å². The van der Waals surface area contributed by atoms with Gasteiger partial charge in [-0.15, -0.1) is 0 Å². The third kappa shape index (κ3) is 4.97. The van der Waals surface area contributed by atoms with Crippen LogP contribution in [0.1, 0.15) is 59.8 Å². The molecule has 0 saturated carbocycles. The van der Waals surface area contributed by atoms with E-state index in [1.54, 1.807) is 0 Å². The first-order valence-corrected chi connectivity index (χ1v) is 7.19. The average molecular weight is 255 g/mol. The number of hydrogen-bond acceptors (Lipinski definition) is 2. The number of likely N-dealkylation sites (tertiary alicyclic amines) is 1. The van der Waals surface area contributed by atoms with Gasteiger partial charge in [-0.25, -0.2) is 0 Å². The van der Waals surface area contributed by atoms with E-state index in [0.29, 0.717) is 5.41 Å². The van der Waals surface area contributed by atoms with Gasteiger partial charge in [0.25, 0.3) is 0 Å². The number of aliphatic carboxylic acids is 1. The first kappa shape index (κ1) is 15.5. The molecular weight excluding hydrogens is 226 g/mol. The summed E-state index contributed by atoms with van der Waals surface area (Å²) in [7, 11) is 0. The lowest BCUT2D eigenvalue weighted by molar-refractivity contribution is -0.147. The van der Waals surface area contributed by atoms with Crippen molar-refractivity contribution < 1.29 is 9.90 Å². The van der Waals surface area contributed by atoms with Gasteiger partial charge in [0.1, 0.15) is 0 Å². The second kappa shape index (κ2) is 6.05. The third-order valence-electron chi connectivity index (χ3n) is 4.29. The SMILES string of the molecule is CC1(C)CCCN(CCCC(C)(C)C(=O)O)CC1. The summed E-state index contributed by atoms with van der Waals surface area (Å²) in [4.78, 5) is 13.5. The second-order valence-corrected chi connectivity index (χ2v) is 7.15. The van der Waals surface area contributed by atoms with Gasteiger partial charge in [-0.05, 0) is 71.0 Å². The van der Waals surface area contributed by atoms with Crippen LogP contribution in [0.25, 0.3) is 0 Å². The molecule has 0 atom stereocenters. The summed E-state index contributed by atoms with van der Waals surface area (Å²) in [5.41, 5.74) is -0.0970. The van der Waals surface area contributed by atoms with Crippen molar-refractivity contribution in [2.24, 2.45) is 10.8 Å². The average Bonchev–Trinajstić information content (AvgIpc) is 2.40. The van der Waals surface area contributed by atoms with Gasteiger partial charge in [0.05, 0.1) is 5.41 Å². The largest absolute Gasteiger partial charge is 0.481 e. The Morgan fingerprint density at radius 2 is 1.94 bits per heavy atom. The Morgan fingerprint density at radius 3 is 2.56 bits per heavy atom. The number of carboxylic acid groups (broad SMARTS) is 1. The Labute approximate surface area is 112 Å². The van der Waals surface area contributed by atoms with Crippen LogP contribution in [0.3, 0.4) is 0 Å². The highest BCUT2D eigenvalue weighted by molar-refractivity contribution is 5.73. The van der Waals surface area contributed by atoms with E-state index in [-0.39, 0.29) is 0 Å². The van der Waals surface area contributed by atoms with Crippen LogP contribution in [-0.4, -0.2) is 35.6 Å². The van der Waals surface area contributed by atoms with E-state index >= 15 is 0 Å². The van der Waals surface area contributed by atoms with Gasteiger partial charge >= 0.3 is 5.97 Å². The molecule has 1 saturated heterocycles. The van der Waals surface area contributed by atoms with Crippen molar-refractivity contribution in [1.82, 2.24) is 4.90 Å². The Kier molecular flexibility index (Phi) is 5.20. The molecular formula is C15H29NO2. The molecule has 0 bridgehead atoms. The van der Waals surface area contributed by atoms with Crippen LogP contribution in [0.5, 0.6) is 0 Å². The van der Waals surface area contributed by atoms with Crippen LogP contribution in [0.2, 0.25) is 0 Å². The lowest BCUT2D eigenvalue weighted by atomic mass is 9.85. The standard InChI is InChI=1S/C15H29NO2/c1-14(2)7-5-10-16(12-9-14)11-6-8-15(3,4)13(17)18/h5-12H2,1-4H3,(H,17,18). The molecule has 0 radical (unpaired) electrons. The first-order chi connectivity index (χ1) is 8.23. The van der Waals surface area contributed by atoms with Crippen molar-refractivity contribution in [2.75, 3.05) is 19.6 Å². The molecule has 1 heterocycles. The van der Waals surface area contributed by atoms with Crippen molar-refractivity contribution >= 4 is 5.97 Å². The smallest absolute Gasteiger partial charge is 0.309 e. The number of carbonyl (C=O) groups is 1. The molecule has 1 fully saturated rings. The fourth-order valence-electron chi connectivity index (χ4n) is 2.55. The molecule has 106 valence electrons. The van der Waals surface area contributed by atoms with Crippen molar-refractivity contribution in [2.45, 2.75) is 59.8 Å². The van der Waals surface area contributed by atoms with Crippen LogP contribution >= 0.6 is 0 Å². The summed E-state index contributed by atoms with van der Waals surface area (Å²) < 4.78 is 0. The zero-order chi connectivity index (χ0) is 13.8. The predicted molar refractivity (Wildman–Crippen MR) is 74.7 cm³/mol. The van der Waals surface area contributed by atoms with Crippen LogP contribution in [0.4, 0.5) is 0 Å². The molecule has 0 amide bonds. The minimum atomic E-state index is -0.681. The van der Waals surface area contributed by atoms with Crippen molar-refractivity contribution in [1.29, 1.82) is 0 Å². The number of rotatable bonds is 5. The van der Waals surface area contributed by atoms with E-state index in [4.69, 9.17) is 5.11 Å². The van der Waals surface area contributed by atoms with Crippen LogP contribution in [-0.2, 0) is 4.79 Å². The van der Waals surface area contributed by atoms with Gasteiger partial charge in [0.2, 0.25) is 0 Å². The summed E-state index contributed by atoms with van der Waals surface area (Å²) in [5.74, 6) is -0.681. The number of carboxylic acids is 1. The van der Waals surface area contributed by atoms with Crippen molar-refractivity contribution in [3.05, 3.63) is 0 Å². The summed E-state index contributed by atoms with van der Waals surface area (Å²) >= 11 is 0. The summed E-state index contributed by atoms with van der Waals surface area (Å²) in [6.45, 7) is 11.7. The van der Waals surface area contributed by atoms with Crippen molar-refractivity contribution in [3.63, 3.8) is 0 Å². The Hall–Kier alpha value is -0.570. The van der Waals surface area contributed by atoms with Gasteiger partial charge in [0.15, 0.2) is 0 Å². The summed E-state index contributed by atoms with van der Waals surface area (Å²) in [6, 6.07) is 0. The molecule has 1 aliphatic rings. The maximum Gasteiger partial charge on any atom is 0.309 e. The molecule has 3 nitrogen and oxygen atoms in total. The lowest BCUT2D eigenvalue weighted by Crippen LogP contribution is -2.29. The molecule has 1 rings (SSSR count). The molecule has 0 aromatic rings. The van der Waals surface area contributed by atoms with Crippen molar-refractivity contribution in [3.8, 4) is 0 Å². The molecule has 1 N–H and O–H groups in total. The highest BCUT2D eigenvalue weighted by Crippen LogP contribution is 2.30. The molecule has 0 aromatic carbocycles. The fourth-order valence-corrected chi connectivity index (χ4v) is 2.55. The van der Waals surface area contributed by atoms with Crippen LogP contribution in [0, 0.1) is 10.8 Å². The van der Waals surface area contributed by atoms with Gasteiger partial charge in [-0.3, -0.25) is 4.79 Å². The zero-order valence-electron chi connectivity index (χ0n) is 12.5. The van der Waals surface area contributed by atoms with E-state index in [0.717, 1.165) is 19.4 Å². The molecule has 0 unspecified atom stereocenters. The summed E-state index contributed by atoms with van der Waals surface area (Å²) in [5, 5.41) is 9.08. The third-order valence-corrected chi connectivity index (χ3v) is 4.29. The van der Waals surface area contributed by atoms with Gasteiger partial charge in [0, 0.05) is 0 Å². The van der Waals surface area contributed by atoms with Gasteiger partial charge < -0.3 is 10.0 Å². The molecule has 0 aliphatic carbocycles. The topological polar surface area (TPSA) is 40.5 Å². The fraction of sp³-hybridized carbons (Fsp3) is 0.933. The zero-order valence-corrected chi connectivity index (χ0v) is 12.5. The number of hydrogen-bond donors (Lipinski definition) is 1. The normalized spacial score (nSPS) is 21.6. The molecule has 18 heavy (non-hydrogen) atoms. The minimum absolute atomic E-state index is 0.481. The maximum atomic E-state index is 11.0. The van der Waals surface area contributed by atoms with Gasteiger partial charge in [-0.1, -0.05) is 13.8 Å². The van der Waals surface area contributed by atoms with Crippen LogP contribution < -0.4 is 0 Å². The quantitative estimate of drug-likeness (QED) is 0.818.